The fourth-order valence-electron chi connectivity index (χ4n) is 6.37. The van der Waals surface area contributed by atoms with E-state index in [0.29, 0.717) is 104 Å². The van der Waals surface area contributed by atoms with Crippen LogP contribution in [0.2, 0.25) is 5.02 Å². The van der Waals surface area contributed by atoms with Crippen molar-refractivity contribution in [3.8, 4) is 5.75 Å². The zero-order valence-electron chi connectivity index (χ0n) is 26.3. The van der Waals surface area contributed by atoms with E-state index in [1.807, 2.05) is 28.0 Å². The second kappa shape index (κ2) is 16.9. The van der Waals surface area contributed by atoms with Gasteiger partial charge >= 0.3 is 0 Å². The monoisotopic (exact) mass is 655 g/mol. The quantitative estimate of drug-likeness (QED) is 0.192. The highest BCUT2D eigenvalue weighted by Crippen LogP contribution is 2.34. The highest BCUT2D eigenvalue weighted by molar-refractivity contribution is 6.32. The number of nitrogens with one attached hydrogen (secondary N) is 3. The normalized spacial score (nSPS) is 17.2. The van der Waals surface area contributed by atoms with Gasteiger partial charge in [0.25, 0.3) is 0 Å². The molecule has 5 N–H and O–H groups in total. The molecule has 2 fully saturated rings. The molecule has 0 unspecified atom stereocenters. The molecule has 1 saturated carbocycles. The van der Waals surface area contributed by atoms with Crippen molar-refractivity contribution in [1.82, 2.24) is 25.1 Å². The van der Waals surface area contributed by atoms with E-state index in [-0.39, 0.29) is 31.1 Å². The molecule has 13 heteroatoms. The van der Waals surface area contributed by atoms with Gasteiger partial charge in [0.2, 0.25) is 11.8 Å². The first-order valence-corrected chi connectivity index (χ1v) is 16.9. The third-order valence-corrected chi connectivity index (χ3v) is 9.19. The van der Waals surface area contributed by atoms with E-state index in [1.165, 1.54) is 6.33 Å². The Bertz CT molecular complexity index is 1360. The van der Waals surface area contributed by atoms with Crippen molar-refractivity contribution in [1.29, 1.82) is 0 Å². The largest absolute Gasteiger partial charge is 0.489 e. The van der Waals surface area contributed by atoms with Crippen molar-refractivity contribution >= 4 is 46.8 Å². The van der Waals surface area contributed by atoms with Crippen LogP contribution in [0.5, 0.6) is 5.75 Å². The number of aliphatic hydroxyl groups is 2. The summed E-state index contributed by atoms with van der Waals surface area (Å²) in [5, 5.41) is 28.5. The lowest BCUT2D eigenvalue weighted by molar-refractivity contribution is -0.137. The fraction of sp³-hybridized carbons (Fsp3) is 0.576. The Hall–Kier alpha value is -3.45. The number of hydrogen-bond donors (Lipinski definition) is 5. The van der Waals surface area contributed by atoms with Crippen LogP contribution in [0.4, 0.5) is 17.3 Å². The maximum atomic E-state index is 13.1. The molecule has 0 radical (unpaired) electrons. The number of hydrogen-bond acceptors (Lipinski definition) is 10. The molecule has 1 saturated heterocycles. The smallest absolute Gasteiger partial charge is 0.247 e. The van der Waals surface area contributed by atoms with E-state index in [2.05, 4.69) is 25.9 Å². The lowest BCUT2D eigenvalue weighted by Gasteiger charge is -2.33. The number of piperidine rings is 1. The predicted molar refractivity (Wildman–Crippen MR) is 178 cm³/mol. The first-order chi connectivity index (χ1) is 22.4. The Morgan fingerprint density at radius 3 is 2.54 bits per heavy atom. The topological polar surface area (TPSA) is 152 Å². The summed E-state index contributed by atoms with van der Waals surface area (Å²) in [6, 6.07) is 5.52. The number of anilines is 3. The number of nitrogens with zero attached hydrogens (tertiary/aromatic N) is 4. The second-order valence-corrected chi connectivity index (χ2v) is 12.5. The van der Waals surface area contributed by atoms with Gasteiger partial charge in [-0.3, -0.25) is 14.5 Å². The first-order valence-electron chi connectivity index (χ1n) is 16.5. The first kappa shape index (κ1) is 33.9. The third-order valence-electron chi connectivity index (χ3n) is 8.90. The van der Waals surface area contributed by atoms with Gasteiger partial charge in [-0.25, -0.2) is 9.97 Å². The van der Waals surface area contributed by atoms with Gasteiger partial charge in [0.05, 0.1) is 23.8 Å². The molecule has 1 aromatic heterocycles. The van der Waals surface area contributed by atoms with Crippen LogP contribution in [0.25, 0.3) is 6.08 Å². The van der Waals surface area contributed by atoms with Crippen LogP contribution in [-0.2, 0) is 9.59 Å². The lowest BCUT2D eigenvalue weighted by atomic mass is 10.0. The van der Waals surface area contributed by atoms with Crippen molar-refractivity contribution in [2.24, 2.45) is 5.92 Å². The van der Waals surface area contributed by atoms with Gasteiger partial charge < -0.3 is 35.8 Å². The number of benzene rings is 1. The minimum atomic E-state index is -0.154. The highest BCUT2D eigenvalue weighted by Gasteiger charge is 2.30. The van der Waals surface area contributed by atoms with Gasteiger partial charge in [-0.05, 0) is 56.5 Å². The Labute approximate surface area is 275 Å². The third kappa shape index (κ3) is 9.09. The minimum Gasteiger partial charge on any atom is -0.489 e. The molecule has 2 aliphatic heterocycles. The van der Waals surface area contributed by atoms with Gasteiger partial charge in [0.1, 0.15) is 29.8 Å². The van der Waals surface area contributed by atoms with E-state index >= 15 is 0 Å². The second-order valence-electron chi connectivity index (χ2n) is 12.1. The number of amides is 2. The molecule has 3 heterocycles. The minimum absolute atomic E-state index is 0.00219. The van der Waals surface area contributed by atoms with E-state index in [9.17, 15) is 19.8 Å². The zero-order chi connectivity index (χ0) is 32.3. The summed E-state index contributed by atoms with van der Waals surface area (Å²) in [4.78, 5) is 38.7. The maximum absolute atomic E-state index is 13.1. The van der Waals surface area contributed by atoms with Crippen LogP contribution in [-0.4, -0.2) is 107 Å². The summed E-state index contributed by atoms with van der Waals surface area (Å²) in [6.07, 6.45) is 10.4. The summed E-state index contributed by atoms with van der Waals surface area (Å²) < 4.78 is 6.26. The molecular weight excluding hydrogens is 610 g/mol. The summed E-state index contributed by atoms with van der Waals surface area (Å²) in [5.41, 5.74) is 2.01. The average Bonchev–Trinajstić information content (AvgIpc) is 3.51. The Balaban J connectivity index is 1.17. The predicted octanol–water partition coefficient (Wildman–Crippen LogP) is 3.43. The maximum Gasteiger partial charge on any atom is 0.247 e. The molecule has 0 atom stereocenters. The van der Waals surface area contributed by atoms with Crippen LogP contribution in [0.1, 0.15) is 56.9 Å². The molecule has 3 aliphatic rings. The van der Waals surface area contributed by atoms with E-state index in [1.54, 1.807) is 6.07 Å². The molecule has 1 aromatic carbocycles. The van der Waals surface area contributed by atoms with Gasteiger partial charge in [0.15, 0.2) is 0 Å². The SMILES string of the molecule is O=C(NCCCN(CCO)CCO)C1=Cc2c(ncnc2Nc2ccc(OC3CCN(C(=O)C4CCCC4)CC3)c(Cl)c2)NCC1. The van der Waals surface area contributed by atoms with Gasteiger partial charge in [0, 0.05) is 69.3 Å². The number of aromatic nitrogens is 2. The molecule has 2 aromatic rings. The average molecular weight is 656 g/mol. The zero-order valence-corrected chi connectivity index (χ0v) is 27.1. The fourth-order valence-corrected chi connectivity index (χ4v) is 6.59. The number of likely N-dealkylation sites (tertiary alicyclic amines) is 1. The molecule has 2 amide bonds. The molecule has 1 aliphatic carbocycles. The van der Waals surface area contributed by atoms with Crippen LogP contribution in [0.15, 0.2) is 30.1 Å². The number of carbonyl (C=O) groups is 2. The summed E-state index contributed by atoms with van der Waals surface area (Å²) in [7, 11) is 0. The standard InChI is InChI=1S/C33H46ClN7O5/c34-28-21-25(6-7-29(28)46-26-9-14-41(15-10-26)33(45)23-4-1-2-5-23)39-31-27-20-24(8-12-35-30(27)37-22-38-31)32(44)36-11-3-13-40(16-18-42)17-19-43/h6-7,20-23,26,42-43H,1-5,8-19H2,(H,36,44)(H2,35,37,38,39). The molecule has 250 valence electrons. The molecule has 5 rings (SSSR count). The van der Waals surface area contributed by atoms with Crippen molar-refractivity contribution < 1.29 is 24.5 Å². The summed E-state index contributed by atoms with van der Waals surface area (Å²) in [6.45, 7) is 4.15. The summed E-state index contributed by atoms with van der Waals surface area (Å²) >= 11 is 6.66. The van der Waals surface area contributed by atoms with Crippen molar-refractivity contribution in [2.75, 3.05) is 69.7 Å². The van der Waals surface area contributed by atoms with E-state index < -0.39 is 0 Å². The van der Waals surface area contributed by atoms with Gasteiger partial charge in [-0.1, -0.05) is 24.4 Å². The van der Waals surface area contributed by atoms with E-state index in [0.717, 1.165) is 38.5 Å². The number of carbonyl (C=O) groups excluding carboxylic acids is 2. The number of ether oxygens (including phenoxy) is 1. The molecule has 12 nitrogen and oxygen atoms in total. The molecular formula is C33H46ClN7O5. The van der Waals surface area contributed by atoms with Crippen molar-refractivity contribution in [3.05, 3.63) is 40.7 Å². The Kier molecular flexibility index (Phi) is 12.5. The van der Waals surface area contributed by atoms with Crippen LogP contribution in [0, 0.1) is 5.92 Å². The van der Waals surface area contributed by atoms with Crippen LogP contribution < -0.4 is 20.7 Å². The number of fused-ring (bicyclic) bond motifs is 1. The highest BCUT2D eigenvalue weighted by atomic mass is 35.5. The number of aliphatic hydroxyl groups excluding tert-OH is 2. The molecule has 0 spiro atoms. The Morgan fingerprint density at radius 2 is 1.83 bits per heavy atom. The summed E-state index contributed by atoms with van der Waals surface area (Å²) in [5.74, 6) is 2.13. The van der Waals surface area contributed by atoms with Gasteiger partial charge in [-0.2, -0.15) is 0 Å². The molecule has 0 bridgehead atoms. The number of halogens is 1. The van der Waals surface area contributed by atoms with Gasteiger partial charge in [-0.15, -0.1) is 0 Å². The van der Waals surface area contributed by atoms with Crippen LogP contribution in [0.3, 0.4) is 0 Å². The van der Waals surface area contributed by atoms with Crippen molar-refractivity contribution in [2.45, 2.75) is 57.5 Å². The lowest BCUT2D eigenvalue weighted by Crippen LogP contribution is -2.44. The van der Waals surface area contributed by atoms with Crippen molar-refractivity contribution in [3.63, 3.8) is 0 Å². The van der Waals surface area contributed by atoms with Crippen LogP contribution >= 0.6 is 11.6 Å². The number of rotatable bonds is 14. The Morgan fingerprint density at radius 1 is 1.07 bits per heavy atom. The molecule has 46 heavy (non-hydrogen) atoms. The van der Waals surface area contributed by atoms with E-state index in [4.69, 9.17) is 16.3 Å².